The number of piperidine rings is 1. The van der Waals surface area contributed by atoms with Crippen LogP contribution in [-0.4, -0.2) is 66.5 Å². The number of nitrogens with zero attached hydrogens (tertiary/aromatic N) is 5. The molecule has 0 saturated carbocycles. The molecule has 2 aromatic rings. The van der Waals surface area contributed by atoms with Crippen LogP contribution >= 0.6 is 0 Å². The van der Waals surface area contributed by atoms with E-state index in [0.29, 0.717) is 23.3 Å². The Balaban J connectivity index is 1.55. The maximum absolute atomic E-state index is 11.5. The fraction of sp³-hybridized carbons (Fsp3) is 0.556. The monoisotopic (exact) mass is 387 g/mol. The largest absolute Gasteiger partial charge is 0.465 e. The van der Waals surface area contributed by atoms with Gasteiger partial charge in [-0.1, -0.05) is 0 Å². The van der Waals surface area contributed by atoms with Crippen LogP contribution in [0.1, 0.15) is 37.1 Å². The molecule has 2 aliphatic heterocycles. The number of aliphatic hydroxyl groups excluding tert-OH is 1. The van der Waals surface area contributed by atoms with Crippen LogP contribution in [0.5, 0.6) is 0 Å². The zero-order chi connectivity index (χ0) is 19.8. The van der Waals surface area contributed by atoms with Crippen molar-refractivity contribution >= 4 is 23.7 Å². The zero-order valence-electron chi connectivity index (χ0n) is 16.0. The van der Waals surface area contributed by atoms with Crippen LogP contribution in [0.2, 0.25) is 0 Å². The molecular formula is C18H25N7O3. The Morgan fingerprint density at radius 3 is 2.57 bits per heavy atom. The van der Waals surface area contributed by atoms with Gasteiger partial charge in [0.1, 0.15) is 5.82 Å². The van der Waals surface area contributed by atoms with Gasteiger partial charge in [0.2, 0.25) is 5.95 Å². The number of H-pyrrole nitrogens is 1. The van der Waals surface area contributed by atoms with Crippen LogP contribution in [0, 0.1) is 6.92 Å². The second kappa shape index (κ2) is 7.27. The van der Waals surface area contributed by atoms with Gasteiger partial charge in [-0.2, -0.15) is 10.1 Å². The number of aryl methyl sites for hydroxylation is 1. The first-order valence-corrected chi connectivity index (χ1v) is 9.46. The summed E-state index contributed by atoms with van der Waals surface area (Å²) in [5, 5.41) is 29.2. The van der Waals surface area contributed by atoms with Gasteiger partial charge in [-0.3, -0.25) is 5.10 Å². The number of nitrogens with one attached hydrogen (secondary N) is 2. The van der Waals surface area contributed by atoms with E-state index in [1.165, 1.54) is 0 Å². The number of aromatic amines is 1. The van der Waals surface area contributed by atoms with Crippen molar-refractivity contribution in [1.82, 2.24) is 25.1 Å². The molecule has 0 radical (unpaired) electrons. The molecule has 4 rings (SSSR count). The molecule has 0 aromatic carbocycles. The van der Waals surface area contributed by atoms with Crippen molar-refractivity contribution < 1.29 is 15.0 Å². The van der Waals surface area contributed by atoms with E-state index in [4.69, 9.17) is 0 Å². The highest BCUT2D eigenvalue weighted by Crippen LogP contribution is 2.38. The molecule has 0 aliphatic carbocycles. The van der Waals surface area contributed by atoms with Gasteiger partial charge >= 0.3 is 6.09 Å². The topological polar surface area (TPSA) is 130 Å². The van der Waals surface area contributed by atoms with Gasteiger partial charge in [-0.25, -0.2) is 9.78 Å². The van der Waals surface area contributed by atoms with Gasteiger partial charge in [-0.15, -0.1) is 0 Å². The van der Waals surface area contributed by atoms with E-state index in [-0.39, 0.29) is 24.7 Å². The van der Waals surface area contributed by atoms with E-state index in [2.05, 4.69) is 25.5 Å². The van der Waals surface area contributed by atoms with E-state index in [1.807, 2.05) is 24.9 Å². The minimum absolute atomic E-state index is 0.0503. The molecule has 1 unspecified atom stereocenters. The lowest BCUT2D eigenvalue weighted by atomic mass is 9.97. The number of carbonyl (C=O) groups is 1. The summed E-state index contributed by atoms with van der Waals surface area (Å²) in [5.41, 5.74) is 1.44. The Labute approximate surface area is 162 Å². The standard InChI is InChI=1S/C18H25N7O3/c1-10-5-16(23-22-10)20-15-6-11(9-26)19-17(21-15)24(2)14-7-12-3-4-13(8-14)25(12)18(27)28/h5-6,12-14,26H,3-4,7-9H2,1-2H3,(H,27,28)(H2,19,20,21,22,23)/t12-,13+,14?. The number of amides is 1. The SMILES string of the molecule is Cc1cc(Nc2cc(CO)nc(N(C)C3C[C@H]4CC[C@@H](C3)N4C(=O)O)n2)n[nH]1. The molecule has 2 aromatic heterocycles. The third-order valence-electron chi connectivity index (χ3n) is 5.68. The summed E-state index contributed by atoms with van der Waals surface area (Å²) >= 11 is 0. The summed E-state index contributed by atoms with van der Waals surface area (Å²) in [4.78, 5) is 24.2. The fourth-order valence-electron chi connectivity index (χ4n) is 4.34. The van der Waals surface area contributed by atoms with Crippen molar-refractivity contribution in [3.05, 3.63) is 23.5 Å². The number of aliphatic hydroxyl groups is 1. The van der Waals surface area contributed by atoms with Gasteiger partial charge in [-0.05, 0) is 32.6 Å². The average Bonchev–Trinajstić information content (AvgIpc) is 3.20. The van der Waals surface area contributed by atoms with E-state index in [0.717, 1.165) is 31.4 Å². The van der Waals surface area contributed by atoms with Crippen LogP contribution in [0.25, 0.3) is 0 Å². The number of rotatable bonds is 5. The molecule has 10 nitrogen and oxygen atoms in total. The summed E-state index contributed by atoms with van der Waals surface area (Å²) < 4.78 is 0. The highest BCUT2D eigenvalue weighted by Gasteiger charge is 2.44. The van der Waals surface area contributed by atoms with E-state index in [9.17, 15) is 15.0 Å². The Morgan fingerprint density at radius 1 is 1.29 bits per heavy atom. The smallest absolute Gasteiger partial charge is 0.407 e. The Morgan fingerprint density at radius 2 is 2.00 bits per heavy atom. The quantitative estimate of drug-likeness (QED) is 0.611. The predicted octanol–water partition coefficient (Wildman–Crippen LogP) is 1.85. The molecule has 3 atom stereocenters. The predicted molar refractivity (Wildman–Crippen MR) is 103 cm³/mol. The van der Waals surface area contributed by atoms with E-state index >= 15 is 0 Å². The lowest BCUT2D eigenvalue weighted by molar-refractivity contribution is 0.0964. The van der Waals surface area contributed by atoms with Gasteiger partial charge < -0.3 is 25.3 Å². The number of hydrogen-bond acceptors (Lipinski definition) is 7. The first-order chi connectivity index (χ1) is 13.4. The number of fused-ring (bicyclic) bond motifs is 2. The molecule has 2 aliphatic rings. The lowest BCUT2D eigenvalue weighted by Gasteiger charge is -2.40. The number of carboxylic acid groups (broad SMARTS) is 1. The maximum atomic E-state index is 11.5. The van der Waals surface area contributed by atoms with Crippen molar-refractivity contribution in [3.63, 3.8) is 0 Å². The third-order valence-corrected chi connectivity index (χ3v) is 5.68. The van der Waals surface area contributed by atoms with Crippen molar-refractivity contribution in [2.75, 3.05) is 17.3 Å². The molecule has 28 heavy (non-hydrogen) atoms. The molecule has 0 spiro atoms. The zero-order valence-corrected chi connectivity index (χ0v) is 16.0. The molecule has 2 bridgehead atoms. The molecule has 150 valence electrons. The molecule has 1 amide bonds. The lowest BCUT2D eigenvalue weighted by Crippen LogP contribution is -2.51. The maximum Gasteiger partial charge on any atom is 0.407 e. The molecule has 2 saturated heterocycles. The van der Waals surface area contributed by atoms with Crippen molar-refractivity contribution in [2.45, 2.75) is 57.3 Å². The van der Waals surface area contributed by atoms with Crippen LogP contribution < -0.4 is 10.2 Å². The first-order valence-electron chi connectivity index (χ1n) is 9.46. The highest BCUT2D eigenvalue weighted by atomic mass is 16.4. The minimum Gasteiger partial charge on any atom is -0.465 e. The first kappa shape index (κ1) is 18.5. The Bertz CT molecular complexity index is 857. The van der Waals surface area contributed by atoms with Crippen LogP contribution in [0.15, 0.2) is 12.1 Å². The fourth-order valence-corrected chi connectivity index (χ4v) is 4.34. The molecule has 4 N–H and O–H groups in total. The number of hydrogen-bond donors (Lipinski definition) is 4. The minimum atomic E-state index is -0.826. The molecular weight excluding hydrogens is 362 g/mol. The Kier molecular flexibility index (Phi) is 4.80. The summed E-state index contributed by atoms with van der Waals surface area (Å²) in [6.45, 7) is 1.72. The van der Waals surface area contributed by atoms with Crippen LogP contribution in [0.3, 0.4) is 0 Å². The third kappa shape index (κ3) is 3.47. The second-order valence-corrected chi connectivity index (χ2v) is 7.57. The normalized spacial score (nSPS) is 23.7. The summed E-state index contributed by atoms with van der Waals surface area (Å²) in [6, 6.07) is 3.81. The van der Waals surface area contributed by atoms with Crippen molar-refractivity contribution in [1.29, 1.82) is 0 Å². The van der Waals surface area contributed by atoms with Crippen molar-refractivity contribution in [3.8, 4) is 0 Å². The van der Waals surface area contributed by atoms with E-state index in [1.54, 1.807) is 11.0 Å². The molecule has 4 heterocycles. The highest BCUT2D eigenvalue weighted by molar-refractivity contribution is 5.66. The number of anilines is 3. The van der Waals surface area contributed by atoms with Gasteiger partial charge in [0.05, 0.1) is 12.3 Å². The molecule has 10 heteroatoms. The molecule has 2 fully saturated rings. The average molecular weight is 387 g/mol. The summed E-state index contributed by atoms with van der Waals surface area (Å²) in [6.07, 6.45) is 2.50. The van der Waals surface area contributed by atoms with Crippen LogP contribution in [0.4, 0.5) is 22.4 Å². The summed E-state index contributed by atoms with van der Waals surface area (Å²) in [7, 11) is 1.93. The number of aromatic nitrogens is 4. The Hall–Kier alpha value is -2.88. The second-order valence-electron chi connectivity index (χ2n) is 7.57. The van der Waals surface area contributed by atoms with E-state index < -0.39 is 6.09 Å². The van der Waals surface area contributed by atoms with Crippen LogP contribution in [-0.2, 0) is 6.61 Å². The summed E-state index contributed by atoms with van der Waals surface area (Å²) in [5.74, 6) is 1.70. The van der Waals surface area contributed by atoms with Gasteiger partial charge in [0.15, 0.2) is 5.82 Å². The van der Waals surface area contributed by atoms with Gasteiger partial charge in [0.25, 0.3) is 0 Å². The van der Waals surface area contributed by atoms with Crippen molar-refractivity contribution in [2.24, 2.45) is 0 Å². The van der Waals surface area contributed by atoms with Gasteiger partial charge in [0, 0.05) is 43.0 Å².